The van der Waals surface area contributed by atoms with Crippen molar-refractivity contribution in [2.24, 2.45) is 0 Å². The first kappa shape index (κ1) is 40.4. The van der Waals surface area contributed by atoms with Crippen LogP contribution in [0.4, 0.5) is 17.1 Å². The second-order valence-corrected chi connectivity index (χ2v) is 19.6. The van der Waals surface area contributed by atoms with Crippen molar-refractivity contribution in [2.45, 2.75) is 24.7 Å². The van der Waals surface area contributed by atoms with Gasteiger partial charge in [-0.25, -0.2) is 0 Å². The Hall–Kier alpha value is -8.72. The highest BCUT2D eigenvalue weighted by Crippen LogP contribution is 2.58. The predicted octanol–water partition coefficient (Wildman–Crippen LogP) is 18.2. The highest BCUT2D eigenvalue weighted by molar-refractivity contribution is 6.07. The molecule has 11 aromatic carbocycles. The SMILES string of the molecule is CC1(C)c2ccccc2-c2cc(-c3c(-c4cccc(N(c5ccc6c(c5)C(c5ccccc5)(c5ccccc5)c5ccccc5-6)c5ccc6c(c5)oc5ccccc56)c4)ccc4ccccc34)ccc21. The molecule has 0 saturated carbocycles. The van der Waals surface area contributed by atoms with Crippen LogP contribution >= 0.6 is 0 Å². The minimum Gasteiger partial charge on any atom is -0.456 e. The van der Waals surface area contributed by atoms with Crippen molar-refractivity contribution in [1.29, 1.82) is 0 Å². The van der Waals surface area contributed by atoms with Gasteiger partial charge in [-0.3, -0.25) is 0 Å². The van der Waals surface area contributed by atoms with E-state index in [2.05, 4.69) is 261 Å². The number of rotatable bonds is 7. The van der Waals surface area contributed by atoms with E-state index < -0.39 is 5.41 Å². The van der Waals surface area contributed by atoms with E-state index in [4.69, 9.17) is 4.42 Å². The average molecular weight is 894 g/mol. The number of hydrogen-bond donors (Lipinski definition) is 0. The molecule has 0 N–H and O–H groups in total. The molecule has 0 bridgehead atoms. The van der Waals surface area contributed by atoms with E-state index in [1.54, 1.807) is 0 Å². The molecule has 0 unspecified atom stereocenters. The first-order valence-corrected chi connectivity index (χ1v) is 24.4. The van der Waals surface area contributed by atoms with Crippen LogP contribution in [0.15, 0.2) is 253 Å². The Bertz CT molecular complexity index is 4010. The number of para-hydroxylation sites is 1. The number of benzene rings is 11. The lowest BCUT2D eigenvalue weighted by atomic mass is 9.67. The summed E-state index contributed by atoms with van der Waals surface area (Å²) in [5.41, 5.74) is 22.0. The molecule has 1 heterocycles. The van der Waals surface area contributed by atoms with Gasteiger partial charge in [-0.1, -0.05) is 208 Å². The number of hydrogen-bond acceptors (Lipinski definition) is 2. The molecule has 0 atom stereocenters. The topological polar surface area (TPSA) is 16.4 Å². The quantitative estimate of drug-likeness (QED) is 0.158. The highest BCUT2D eigenvalue weighted by Gasteiger charge is 2.46. The Morgan fingerprint density at radius 3 is 1.71 bits per heavy atom. The van der Waals surface area contributed by atoms with Crippen LogP contribution in [0.5, 0.6) is 0 Å². The molecule has 12 aromatic rings. The molecular weight excluding hydrogens is 847 g/mol. The lowest BCUT2D eigenvalue weighted by molar-refractivity contribution is 0.660. The van der Waals surface area contributed by atoms with E-state index in [1.165, 1.54) is 83.1 Å². The number of nitrogens with zero attached hydrogens (tertiary/aromatic N) is 1. The Morgan fingerprint density at radius 1 is 0.329 bits per heavy atom. The van der Waals surface area contributed by atoms with Gasteiger partial charge in [0.15, 0.2) is 0 Å². The van der Waals surface area contributed by atoms with Gasteiger partial charge in [0.05, 0.1) is 5.41 Å². The molecule has 0 saturated heterocycles. The molecule has 0 fully saturated rings. The fraction of sp³-hybridized carbons (Fsp3) is 0.0588. The normalized spacial score (nSPS) is 13.8. The second kappa shape index (κ2) is 15.4. The number of furan rings is 1. The van der Waals surface area contributed by atoms with Crippen molar-refractivity contribution in [2.75, 3.05) is 4.90 Å². The molecule has 2 aliphatic rings. The predicted molar refractivity (Wildman–Crippen MR) is 292 cm³/mol. The fourth-order valence-electron chi connectivity index (χ4n) is 12.4. The zero-order valence-corrected chi connectivity index (χ0v) is 39.0. The molecule has 2 aliphatic carbocycles. The van der Waals surface area contributed by atoms with Gasteiger partial charge >= 0.3 is 0 Å². The van der Waals surface area contributed by atoms with E-state index >= 15 is 0 Å². The van der Waals surface area contributed by atoms with E-state index in [-0.39, 0.29) is 5.41 Å². The first-order valence-electron chi connectivity index (χ1n) is 24.4. The van der Waals surface area contributed by atoms with E-state index in [1.807, 2.05) is 6.07 Å². The molecule has 14 rings (SSSR count). The van der Waals surface area contributed by atoms with Gasteiger partial charge in [-0.2, -0.15) is 0 Å². The largest absolute Gasteiger partial charge is 0.456 e. The van der Waals surface area contributed by atoms with Gasteiger partial charge < -0.3 is 9.32 Å². The number of anilines is 3. The summed E-state index contributed by atoms with van der Waals surface area (Å²) in [6, 6.07) is 91.9. The molecule has 0 amide bonds. The van der Waals surface area contributed by atoms with Crippen LogP contribution in [-0.2, 0) is 10.8 Å². The first-order chi connectivity index (χ1) is 34.5. The summed E-state index contributed by atoms with van der Waals surface area (Å²) < 4.78 is 6.62. The van der Waals surface area contributed by atoms with Gasteiger partial charge in [0.25, 0.3) is 0 Å². The summed E-state index contributed by atoms with van der Waals surface area (Å²) in [6.07, 6.45) is 0. The van der Waals surface area contributed by atoms with Crippen LogP contribution in [0.2, 0.25) is 0 Å². The molecule has 330 valence electrons. The van der Waals surface area contributed by atoms with E-state index in [9.17, 15) is 0 Å². The third kappa shape index (κ3) is 5.87. The molecule has 0 aliphatic heterocycles. The Morgan fingerprint density at radius 2 is 0.914 bits per heavy atom. The Balaban J connectivity index is 0.998. The summed E-state index contributed by atoms with van der Waals surface area (Å²) in [4.78, 5) is 2.43. The molecule has 1 aromatic heterocycles. The molecule has 70 heavy (non-hydrogen) atoms. The maximum atomic E-state index is 6.62. The van der Waals surface area contributed by atoms with Crippen molar-refractivity contribution in [3.05, 3.63) is 282 Å². The summed E-state index contributed by atoms with van der Waals surface area (Å²) >= 11 is 0. The minimum atomic E-state index is -0.549. The van der Waals surface area contributed by atoms with E-state index in [0.29, 0.717) is 0 Å². The average Bonchev–Trinajstić information content (AvgIpc) is 4.02. The number of fused-ring (bicyclic) bond motifs is 10. The molecular formula is C68H47NO. The molecule has 2 heteroatoms. The minimum absolute atomic E-state index is 0.0720. The van der Waals surface area contributed by atoms with Crippen LogP contribution in [-0.4, -0.2) is 0 Å². The molecule has 0 radical (unpaired) electrons. The Kier molecular flexibility index (Phi) is 8.88. The van der Waals surface area contributed by atoms with Crippen LogP contribution < -0.4 is 4.90 Å². The van der Waals surface area contributed by atoms with Crippen molar-refractivity contribution >= 4 is 49.8 Å². The summed E-state index contributed by atoms with van der Waals surface area (Å²) in [5, 5.41) is 4.68. The third-order valence-corrected chi connectivity index (χ3v) is 15.5. The molecule has 2 nitrogen and oxygen atoms in total. The van der Waals surface area contributed by atoms with Crippen LogP contribution in [0, 0.1) is 0 Å². The summed E-state index contributed by atoms with van der Waals surface area (Å²) in [5.74, 6) is 0. The van der Waals surface area contributed by atoms with Crippen molar-refractivity contribution in [1.82, 2.24) is 0 Å². The highest BCUT2D eigenvalue weighted by atomic mass is 16.3. The van der Waals surface area contributed by atoms with Crippen molar-refractivity contribution in [3.63, 3.8) is 0 Å². The fourth-order valence-corrected chi connectivity index (χ4v) is 12.4. The molecule has 0 spiro atoms. The van der Waals surface area contributed by atoms with Gasteiger partial charge in [0.1, 0.15) is 11.2 Å². The smallest absolute Gasteiger partial charge is 0.137 e. The standard InChI is InChI=1S/C68H47NO/c1-67(2)60-29-14-11-27-55(60)59-41-46(33-39-61(59)67)66-52-25-10-9-18-44(52)32-36-53(66)45-19-17-24-49(40-45)69(51-35-38-58-57-28-13-16-31-64(57)70-65(58)43-51)50-34-37-56-54-26-12-15-30-62(54)68(63(56)42-50,47-20-5-3-6-21-47)48-22-7-4-8-23-48/h3-43H,1-2H3. The zero-order chi connectivity index (χ0) is 46.6. The van der Waals surface area contributed by atoms with Gasteiger partial charge in [0, 0.05) is 39.3 Å². The van der Waals surface area contributed by atoms with Gasteiger partial charge in [-0.15, -0.1) is 0 Å². The van der Waals surface area contributed by atoms with Crippen LogP contribution in [0.1, 0.15) is 47.2 Å². The maximum Gasteiger partial charge on any atom is 0.137 e. The lowest BCUT2D eigenvalue weighted by Crippen LogP contribution is -2.28. The third-order valence-electron chi connectivity index (χ3n) is 15.5. The second-order valence-electron chi connectivity index (χ2n) is 19.6. The van der Waals surface area contributed by atoms with Gasteiger partial charge in [-0.05, 0) is 137 Å². The van der Waals surface area contributed by atoms with Crippen molar-refractivity contribution < 1.29 is 4.42 Å². The zero-order valence-electron chi connectivity index (χ0n) is 39.0. The van der Waals surface area contributed by atoms with Gasteiger partial charge in [0.2, 0.25) is 0 Å². The van der Waals surface area contributed by atoms with E-state index in [0.717, 1.165) is 44.6 Å². The summed E-state index contributed by atoms with van der Waals surface area (Å²) in [6.45, 7) is 4.71. The van der Waals surface area contributed by atoms with Crippen molar-refractivity contribution in [3.8, 4) is 44.5 Å². The monoisotopic (exact) mass is 893 g/mol. The van der Waals surface area contributed by atoms with Crippen LogP contribution in [0.3, 0.4) is 0 Å². The van der Waals surface area contributed by atoms with Crippen LogP contribution in [0.25, 0.3) is 77.2 Å². The summed E-state index contributed by atoms with van der Waals surface area (Å²) in [7, 11) is 0. The Labute approximate surface area is 408 Å². The maximum absolute atomic E-state index is 6.62. The lowest BCUT2D eigenvalue weighted by Gasteiger charge is -2.35.